The first-order chi connectivity index (χ1) is 6.63. The summed E-state index contributed by atoms with van der Waals surface area (Å²) < 4.78 is 41.3. The molecule has 0 spiro atoms. The number of alkyl halides is 3. The monoisotopic (exact) mass is 228 g/mol. The number of alkyl carbamates (subject to hydrolysis) is 1. The van der Waals surface area contributed by atoms with Gasteiger partial charge in [0, 0.05) is 0 Å². The molecule has 2 atom stereocenters. The van der Waals surface area contributed by atoms with Crippen molar-refractivity contribution in [2.24, 2.45) is 5.73 Å². The second kappa shape index (κ2) is 5.20. The molecule has 90 valence electrons. The predicted molar refractivity (Wildman–Crippen MR) is 48.2 cm³/mol. The van der Waals surface area contributed by atoms with Gasteiger partial charge in [0.25, 0.3) is 6.43 Å². The molecule has 0 saturated carbocycles. The number of rotatable bonds is 3. The van der Waals surface area contributed by atoms with E-state index in [1.165, 1.54) is 0 Å². The van der Waals surface area contributed by atoms with E-state index in [-0.39, 0.29) is 0 Å². The molecule has 0 rings (SSSR count). The Kier molecular flexibility index (Phi) is 4.86. The Morgan fingerprint density at radius 1 is 1.33 bits per heavy atom. The van der Waals surface area contributed by atoms with E-state index < -0.39 is 30.5 Å². The van der Waals surface area contributed by atoms with Gasteiger partial charge in [0.2, 0.25) is 0 Å². The normalized spacial score (nSPS) is 16.0. The summed E-state index contributed by atoms with van der Waals surface area (Å²) >= 11 is 0. The van der Waals surface area contributed by atoms with Gasteiger partial charge < -0.3 is 10.5 Å². The third-order valence-electron chi connectivity index (χ3n) is 1.28. The Balaban J connectivity index is 4.08. The Hall–Kier alpha value is -0.980. The molecule has 1 amide bonds. The minimum Gasteiger partial charge on any atom is -0.444 e. The van der Waals surface area contributed by atoms with E-state index in [1.807, 2.05) is 0 Å². The lowest BCUT2D eigenvalue weighted by atomic mass is 10.2. The van der Waals surface area contributed by atoms with Gasteiger partial charge in [0.15, 0.2) is 6.30 Å². The molecule has 7 heteroatoms. The van der Waals surface area contributed by atoms with Crippen LogP contribution in [-0.2, 0) is 4.74 Å². The SMILES string of the molecule is CC(C)(C)OC(=O)NC(F)C(N)C(F)F. The molecular formula is C8H15F3N2O2. The van der Waals surface area contributed by atoms with E-state index in [9.17, 15) is 18.0 Å². The summed E-state index contributed by atoms with van der Waals surface area (Å²) in [5.41, 5.74) is 3.96. The fourth-order valence-electron chi connectivity index (χ4n) is 0.644. The van der Waals surface area contributed by atoms with Crippen molar-refractivity contribution in [3.8, 4) is 0 Å². The third kappa shape index (κ3) is 6.16. The molecule has 4 nitrogen and oxygen atoms in total. The quantitative estimate of drug-likeness (QED) is 0.717. The number of ether oxygens (including phenoxy) is 1. The number of halogens is 3. The summed E-state index contributed by atoms with van der Waals surface area (Å²) in [6, 6.07) is -2.06. The van der Waals surface area contributed by atoms with Gasteiger partial charge in [-0.2, -0.15) is 0 Å². The smallest absolute Gasteiger partial charge is 0.409 e. The van der Waals surface area contributed by atoms with Crippen molar-refractivity contribution >= 4 is 6.09 Å². The average molecular weight is 228 g/mol. The van der Waals surface area contributed by atoms with Crippen molar-refractivity contribution in [1.82, 2.24) is 5.32 Å². The second-order valence-electron chi connectivity index (χ2n) is 3.96. The van der Waals surface area contributed by atoms with Crippen LogP contribution in [0, 0.1) is 0 Å². The molecule has 0 saturated heterocycles. The molecule has 0 heterocycles. The molecule has 0 bridgehead atoms. The van der Waals surface area contributed by atoms with Crippen molar-refractivity contribution in [1.29, 1.82) is 0 Å². The van der Waals surface area contributed by atoms with Gasteiger partial charge in [0.05, 0.1) is 0 Å². The first-order valence-electron chi connectivity index (χ1n) is 4.31. The Labute approximate surface area is 86.0 Å². The zero-order valence-corrected chi connectivity index (χ0v) is 8.76. The number of amides is 1. The summed E-state index contributed by atoms with van der Waals surface area (Å²) in [6.45, 7) is 4.69. The van der Waals surface area contributed by atoms with Gasteiger partial charge in [-0.05, 0) is 20.8 Å². The van der Waals surface area contributed by atoms with Gasteiger partial charge in [-0.1, -0.05) is 0 Å². The van der Waals surface area contributed by atoms with E-state index in [4.69, 9.17) is 5.73 Å². The largest absolute Gasteiger partial charge is 0.444 e. The van der Waals surface area contributed by atoms with Crippen molar-refractivity contribution in [2.45, 2.75) is 45.1 Å². The van der Waals surface area contributed by atoms with E-state index in [0.29, 0.717) is 0 Å². The molecule has 0 fully saturated rings. The first-order valence-corrected chi connectivity index (χ1v) is 4.31. The maximum absolute atomic E-state index is 12.9. The van der Waals surface area contributed by atoms with Gasteiger partial charge in [-0.3, -0.25) is 5.32 Å². The van der Waals surface area contributed by atoms with Crippen LogP contribution in [0.1, 0.15) is 20.8 Å². The molecule has 15 heavy (non-hydrogen) atoms. The molecule has 0 aliphatic heterocycles. The van der Waals surface area contributed by atoms with Crippen LogP contribution in [0.2, 0.25) is 0 Å². The summed E-state index contributed by atoms with van der Waals surface area (Å²) in [6.07, 6.45) is -6.50. The molecule has 0 aliphatic rings. The van der Waals surface area contributed by atoms with Gasteiger partial charge in [-0.25, -0.2) is 18.0 Å². The fraction of sp³-hybridized carbons (Fsp3) is 0.875. The highest BCUT2D eigenvalue weighted by Crippen LogP contribution is 2.09. The predicted octanol–water partition coefficient (Wildman–Crippen LogP) is 1.40. The van der Waals surface area contributed by atoms with Gasteiger partial charge in [0.1, 0.15) is 11.6 Å². The molecule has 0 aromatic heterocycles. The molecule has 0 radical (unpaired) electrons. The van der Waals surface area contributed by atoms with Crippen molar-refractivity contribution in [3.63, 3.8) is 0 Å². The van der Waals surface area contributed by atoms with Crippen LogP contribution in [0.5, 0.6) is 0 Å². The average Bonchev–Trinajstić information content (AvgIpc) is 1.98. The highest BCUT2D eigenvalue weighted by atomic mass is 19.3. The lowest BCUT2D eigenvalue weighted by Crippen LogP contribution is -2.49. The van der Waals surface area contributed by atoms with Gasteiger partial charge in [-0.15, -0.1) is 0 Å². The standard InChI is InChI=1S/C8H15F3N2O2/c1-8(2,3)15-7(14)13-6(11)4(12)5(9)10/h4-6H,12H2,1-3H3,(H,13,14). The van der Waals surface area contributed by atoms with E-state index >= 15 is 0 Å². The van der Waals surface area contributed by atoms with Gasteiger partial charge >= 0.3 is 6.09 Å². The number of carbonyl (C=O) groups is 1. The van der Waals surface area contributed by atoms with E-state index in [0.717, 1.165) is 0 Å². The minimum atomic E-state index is -3.05. The lowest BCUT2D eigenvalue weighted by Gasteiger charge is -2.22. The zero-order chi connectivity index (χ0) is 12.2. The Morgan fingerprint density at radius 2 is 1.80 bits per heavy atom. The Bertz CT molecular complexity index is 218. The van der Waals surface area contributed by atoms with Crippen LogP contribution >= 0.6 is 0 Å². The van der Waals surface area contributed by atoms with Crippen LogP contribution in [0.3, 0.4) is 0 Å². The fourth-order valence-corrected chi connectivity index (χ4v) is 0.644. The van der Waals surface area contributed by atoms with Crippen molar-refractivity contribution in [2.75, 3.05) is 0 Å². The number of hydrogen-bond acceptors (Lipinski definition) is 3. The molecule has 3 N–H and O–H groups in total. The van der Waals surface area contributed by atoms with Crippen LogP contribution in [0.4, 0.5) is 18.0 Å². The molecule has 2 unspecified atom stereocenters. The topological polar surface area (TPSA) is 64.3 Å². The number of carbonyl (C=O) groups excluding carboxylic acids is 1. The maximum atomic E-state index is 12.9. The van der Waals surface area contributed by atoms with Crippen LogP contribution in [-0.4, -0.2) is 30.5 Å². The summed E-state index contributed by atoms with van der Waals surface area (Å²) in [4.78, 5) is 10.9. The van der Waals surface area contributed by atoms with Crippen LogP contribution < -0.4 is 11.1 Å². The number of hydrogen-bond donors (Lipinski definition) is 2. The molecule has 0 aliphatic carbocycles. The van der Waals surface area contributed by atoms with E-state index in [2.05, 4.69) is 4.74 Å². The summed E-state index contributed by atoms with van der Waals surface area (Å²) in [5.74, 6) is 0. The highest BCUT2D eigenvalue weighted by molar-refractivity contribution is 5.67. The van der Waals surface area contributed by atoms with Crippen molar-refractivity contribution < 1.29 is 22.7 Å². The van der Waals surface area contributed by atoms with Crippen molar-refractivity contribution in [3.05, 3.63) is 0 Å². The lowest BCUT2D eigenvalue weighted by molar-refractivity contribution is 0.0294. The number of nitrogens with two attached hydrogens (primary N) is 1. The Morgan fingerprint density at radius 3 is 2.13 bits per heavy atom. The van der Waals surface area contributed by atoms with Crippen LogP contribution in [0.15, 0.2) is 0 Å². The minimum absolute atomic E-state index is 0.821. The third-order valence-corrected chi connectivity index (χ3v) is 1.28. The first kappa shape index (κ1) is 14.0. The van der Waals surface area contributed by atoms with Crippen LogP contribution in [0.25, 0.3) is 0 Å². The second-order valence-corrected chi connectivity index (χ2v) is 3.96. The molecule has 0 aromatic carbocycles. The summed E-state index contributed by atoms with van der Waals surface area (Å²) in [7, 11) is 0. The molecular weight excluding hydrogens is 213 g/mol. The maximum Gasteiger partial charge on any atom is 0.409 e. The summed E-state index contributed by atoms with van der Waals surface area (Å²) in [5, 5.41) is 1.58. The van der Waals surface area contributed by atoms with E-state index in [1.54, 1.807) is 26.1 Å². The number of nitrogens with one attached hydrogen (secondary N) is 1. The zero-order valence-electron chi connectivity index (χ0n) is 8.76. The molecule has 0 aromatic rings. The highest BCUT2D eigenvalue weighted by Gasteiger charge is 2.28.